The standard InChI is InChI=1S/C16H23NO4.C12H13NO4.C8H22O2Si2.C2F6O5S2.2CH4/c1-15(18-8-9-19-15)12-16(20-10-11-21-16)7-6-13-2-4-14(17)5-3-13;1-9(14)8-12(15)7-4-10-2-5-11(6-3-10)13(16)17;1-11(2,3)9-7-8-10-12(4,5)6;3-1(4,5)14(9,10)13-15(11,12)2(6,7)8;;/h2-5H,6-12,17H2,1H3;2-3,5-6H,4,7-8H2,1H3;7-8H2,1-6H3;;2*1H4. The smallest absolute Gasteiger partial charge is 0.415 e. The highest BCUT2D eigenvalue weighted by atomic mass is 32.3. The van der Waals surface area contributed by atoms with Crippen LogP contribution in [0.3, 0.4) is 0 Å². The van der Waals surface area contributed by atoms with Gasteiger partial charge in [-0.1, -0.05) is 39.1 Å². The zero-order valence-electron chi connectivity index (χ0n) is 37.3. The summed E-state index contributed by atoms with van der Waals surface area (Å²) in [5, 5.41) is 10.4. The van der Waals surface area contributed by atoms with Crippen LogP contribution in [0.4, 0.5) is 37.7 Å². The van der Waals surface area contributed by atoms with E-state index in [1.54, 1.807) is 12.1 Å². The number of nitrogen functional groups attached to an aromatic ring is 1. The molecule has 17 nitrogen and oxygen atoms in total. The SMILES string of the molecule is C.C.CC(=O)CC(=O)CCc1ccc([N+](=O)[O-])cc1.CC1(CC2(CCc3ccc(N)cc3)OCCO2)OCCO1.C[Si](C)(C)OCCO[Si](C)(C)C.O=S(=O)(OS(=O)(=O)C(F)(F)F)C(F)(F)F. The van der Waals surface area contributed by atoms with Crippen molar-refractivity contribution in [3.63, 3.8) is 0 Å². The Morgan fingerprint density at radius 1 is 0.731 bits per heavy atom. The number of nitrogens with zero attached hydrogens (tertiary/aromatic N) is 1. The molecule has 27 heteroatoms. The molecule has 2 saturated heterocycles. The van der Waals surface area contributed by atoms with Gasteiger partial charge in [0.2, 0.25) is 0 Å². The van der Waals surface area contributed by atoms with Crippen LogP contribution in [-0.4, -0.2) is 112 Å². The molecule has 0 aromatic heterocycles. The molecule has 0 spiro atoms. The number of ether oxygens (including phenoxy) is 4. The predicted molar refractivity (Wildman–Crippen MR) is 244 cm³/mol. The van der Waals surface area contributed by atoms with Gasteiger partial charge in [0.05, 0.1) is 57.4 Å². The number of nitro benzene ring substituents is 1. The number of carbonyl (C=O) groups excluding carboxylic acids is 2. The minimum absolute atomic E-state index is 0. The van der Waals surface area contributed by atoms with Crippen LogP contribution < -0.4 is 5.73 Å². The minimum Gasteiger partial charge on any atom is -0.415 e. The molecule has 0 aliphatic carbocycles. The Morgan fingerprint density at radius 2 is 1.12 bits per heavy atom. The fourth-order valence-corrected chi connectivity index (χ4v) is 8.28. The quantitative estimate of drug-likeness (QED) is 0.0214. The number of anilines is 1. The molecule has 2 N–H and O–H groups in total. The molecule has 2 aromatic rings. The molecule has 2 aromatic carbocycles. The lowest BCUT2D eigenvalue weighted by Gasteiger charge is -2.34. The van der Waals surface area contributed by atoms with E-state index in [4.69, 9.17) is 33.5 Å². The Kier molecular flexibility index (Phi) is 27.2. The third kappa shape index (κ3) is 26.8. The van der Waals surface area contributed by atoms with Crippen LogP contribution in [0.25, 0.3) is 0 Å². The topological polar surface area (TPSA) is 236 Å². The Morgan fingerprint density at radius 3 is 1.49 bits per heavy atom. The van der Waals surface area contributed by atoms with Crippen molar-refractivity contribution in [1.82, 2.24) is 0 Å². The van der Waals surface area contributed by atoms with Gasteiger partial charge in [0.15, 0.2) is 28.2 Å². The van der Waals surface area contributed by atoms with Gasteiger partial charge in [-0.3, -0.25) is 19.7 Å². The zero-order valence-corrected chi connectivity index (χ0v) is 41.0. The summed E-state index contributed by atoms with van der Waals surface area (Å²) in [4.78, 5) is 31.9. The average molecular weight is 1050 g/mol. The van der Waals surface area contributed by atoms with Crippen molar-refractivity contribution in [2.45, 2.75) is 129 Å². The summed E-state index contributed by atoms with van der Waals surface area (Å²) in [7, 11) is -16.3. The Bertz CT molecular complexity index is 1980. The molecule has 0 atom stereocenters. The van der Waals surface area contributed by atoms with Gasteiger partial charge in [-0.2, -0.15) is 43.2 Å². The second-order valence-electron chi connectivity index (χ2n) is 16.5. The first-order valence-corrected chi connectivity index (χ1v) is 29.4. The lowest BCUT2D eigenvalue weighted by Crippen LogP contribution is -2.41. The van der Waals surface area contributed by atoms with Gasteiger partial charge < -0.3 is 33.5 Å². The molecule has 0 unspecified atom stereocenters. The first-order valence-electron chi connectivity index (χ1n) is 19.8. The summed E-state index contributed by atoms with van der Waals surface area (Å²) in [5.74, 6) is -1.46. The van der Waals surface area contributed by atoms with Crippen molar-refractivity contribution in [2.24, 2.45) is 0 Å². The maximum atomic E-state index is 11.4. The van der Waals surface area contributed by atoms with E-state index in [0.717, 1.165) is 37.3 Å². The number of nitrogens with two attached hydrogens (primary N) is 1. The minimum atomic E-state index is -6.85. The van der Waals surface area contributed by atoms with Crippen LogP contribution in [0.1, 0.15) is 65.5 Å². The lowest BCUT2D eigenvalue weighted by molar-refractivity contribution is -0.384. The molecule has 2 fully saturated rings. The molecule has 4 rings (SSSR count). The van der Waals surface area contributed by atoms with Crippen molar-refractivity contribution in [1.29, 1.82) is 0 Å². The van der Waals surface area contributed by atoms with Crippen LogP contribution in [0, 0.1) is 10.1 Å². The molecule has 2 aliphatic rings. The number of non-ortho nitro benzene ring substituents is 1. The number of alkyl halides is 6. The normalized spacial score (nSPS) is 15.7. The van der Waals surface area contributed by atoms with Gasteiger partial charge in [-0.05, 0) is 89.2 Å². The van der Waals surface area contributed by atoms with E-state index in [1.165, 1.54) is 24.6 Å². The summed E-state index contributed by atoms with van der Waals surface area (Å²) in [6, 6.07) is 14.0. The highest BCUT2D eigenvalue weighted by Gasteiger charge is 2.57. The first kappa shape index (κ1) is 65.7. The fourth-order valence-electron chi connectivity index (χ4n) is 5.32. The number of ketones is 2. The molecular weight excluding hydrogens is 983 g/mol. The monoisotopic (exact) mass is 1050 g/mol. The molecule has 2 aliphatic heterocycles. The molecule has 0 saturated carbocycles. The van der Waals surface area contributed by atoms with Crippen LogP contribution in [0.5, 0.6) is 0 Å². The number of hydrogen-bond acceptors (Lipinski definition) is 16. The average Bonchev–Trinajstić information content (AvgIpc) is 3.80. The van der Waals surface area contributed by atoms with Crippen molar-refractivity contribution >= 4 is 59.8 Å². The molecule has 2 heterocycles. The Labute approximate surface area is 392 Å². The third-order valence-electron chi connectivity index (χ3n) is 8.26. The van der Waals surface area contributed by atoms with Gasteiger partial charge in [0.25, 0.3) is 5.69 Å². The van der Waals surface area contributed by atoms with Crippen LogP contribution in [0.15, 0.2) is 48.5 Å². The Hall–Kier alpha value is -3.39. The summed E-state index contributed by atoms with van der Waals surface area (Å²) >= 11 is 0. The number of benzene rings is 2. The summed E-state index contributed by atoms with van der Waals surface area (Å²) < 4.78 is 145. The second-order valence-corrected chi connectivity index (χ2v) is 28.8. The predicted octanol–water partition coefficient (Wildman–Crippen LogP) is 8.84. The van der Waals surface area contributed by atoms with E-state index in [0.29, 0.717) is 39.3 Å². The highest BCUT2D eigenvalue weighted by Crippen LogP contribution is 2.37. The van der Waals surface area contributed by atoms with Crippen molar-refractivity contribution in [3.8, 4) is 0 Å². The number of rotatable bonds is 18. The van der Waals surface area contributed by atoms with Crippen molar-refractivity contribution in [2.75, 3.05) is 45.4 Å². The molecular formula is C40H66F6N2O15S2Si2. The van der Waals surface area contributed by atoms with Crippen LogP contribution >= 0.6 is 0 Å². The van der Waals surface area contributed by atoms with E-state index in [-0.39, 0.29) is 44.9 Å². The number of carbonyl (C=O) groups is 2. The van der Waals surface area contributed by atoms with Gasteiger partial charge >= 0.3 is 31.3 Å². The molecule has 67 heavy (non-hydrogen) atoms. The van der Waals surface area contributed by atoms with E-state index < -0.39 is 64.4 Å². The van der Waals surface area contributed by atoms with Gasteiger partial charge in [-0.25, -0.2) is 0 Å². The second kappa shape index (κ2) is 27.7. The van der Waals surface area contributed by atoms with Crippen LogP contribution in [0.2, 0.25) is 39.3 Å². The molecule has 0 amide bonds. The lowest BCUT2D eigenvalue weighted by atomic mass is 9.98. The zero-order chi connectivity index (χ0) is 50.1. The van der Waals surface area contributed by atoms with E-state index in [1.807, 2.05) is 34.8 Å². The van der Waals surface area contributed by atoms with Gasteiger partial charge in [0.1, 0.15) is 11.6 Å². The molecule has 0 bridgehead atoms. The summed E-state index contributed by atoms with van der Waals surface area (Å²) in [5.41, 5.74) is -3.91. The Balaban J connectivity index is 0. The van der Waals surface area contributed by atoms with E-state index in [2.05, 4.69) is 39.3 Å². The van der Waals surface area contributed by atoms with E-state index >= 15 is 0 Å². The number of aryl methyl sites for hydroxylation is 2. The van der Waals surface area contributed by atoms with E-state index in [9.17, 15) is 62.9 Å². The largest absolute Gasteiger partial charge is 0.524 e. The number of halogens is 6. The number of hydrogen-bond donors (Lipinski definition) is 1. The third-order valence-corrected chi connectivity index (χ3v) is 13.0. The van der Waals surface area contributed by atoms with Gasteiger partial charge in [0, 0.05) is 30.7 Å². The van der Waals surface area contributed by atoms with Crippen molar-refractivity contribution < 1.29 is 89.1 Å². The number of nitro groups is 1. The highest BCUT2D eigenvalue weighted by molar-refractivity contribution is 8.00. The maximum absolute atomic E-state index is 11.4. The van der Waals surface area contributed by atoms with Crippen LogP contribution in [-0.2, 0) is 74.1 Å². The molecule has 0 radical (unpaired) electrons. The fraction of sp³-hybridized carbons (Fsp3) is 0.650. The van der Waals surface area contributed by atoms with Gasteiger partial charge in [-0.15, -0.1) is 3.63 Å². The number of Topliss-reactive ketones (excluding diaryl/α,β-unsaturated/α-hetero) is 2. The maximum Gasteiger partial charge on any atom is 0.524 e. The first-order chi connectivity index (χ1) is 29.5. The van der Waals surface area contributed by atoms with Crippen molar-refractivity contribution in [3.05, 3.63) is 69.8 Å². The molecule has 388 valence electrons. The summed E-state index contributed by atoms with van der Waals surface area (Å²) in [6.07, 6.45) is 3.00. The summed E-state index contributed by atoms with van der Waals surface area (Å²) in [6.45, 7) is 20.5.